The molecule has 7 nitrogen and oxygen atoms in total. The summed E-state index contributed by atoms with van der Waals surface area (Å²) in [5, 5.41) is 8.81. The zero-order valence-corrected chi connectivity index (χ0v) is 17.5. The standard InChI is InChI=1S/C18H27BrN6O/c1-5-24-12-15(14(2)21-24)11-22-6-8-23(9-7-22)17(26)18(3,4)25-13-16(19)10-20-25/h10,12-13H,5-9,11H2,1-4H3. The van der Waals surface area contributed by atoms with Crippen LogP contribution in [-0.2, 0) is 23.4 Å². The lowest BCUT2D eigenvalue weighted by atomic mass is 10.0. The minimum atomic E-state index is -0.687. The molecular weight excluding hydrogens is 396 g/mol. The maximum atomic E-state index is 13.0. The van der Waals surface area contributed by atoms with Gasteiger partial charge in [0.05, 0.1) is 16.4 Å². The number of hydrogen-bond acceptors (Lipinski definition) is 4. The average Bonchev–Trinajstić information content (AvgIpc) is 3.21. The van der Waals surface area contributed by atoms with Crippen LogP contribution in [-0.4, -0.2) is 61.4 Å². The van der Waals surface area contributed by atoms with Crippen LogP contribution < -0.4 is 0 Å². The lowest BCUT2D eigenvalue weighted by Crippen LogP contribution is -2.54. The summed E-state index contributed by atoms with van der Waals surface area (Å²) in [5.41, 5.74) is 1.68. The van der Waals surface area contributed by atoms with Crippen molar-refractivity contribution < 1.29 is 4.79 Å². The quantitative estimate of drug-likeness (QED) is 0.741. The van der Waals surface area contributed by atoms with Gasteiger partial charge in [0, 0.05) is 57.2 Å². The number of amides is 1. The van der Waals surface area contributed by atoms with Gasteiger partial charge in [0.15, 0.2) is 0 Å². The number of halogens is 1. The Morgan fingerprint density at radius 3 is 2.46 bits per heavy atom. The van der Waals surface area contributed by atoms with Crippen molar-refractivity contribution in [2.45, 2.75) is 46.3 Å². The van der Waals surface area contributed by atoms with Crippen molar-refractivity contribution in [1.29, 1.82) is 0 Å². The highest BCUT2D eigenvalue weighted by molar-refractivity contribution is 9.10. The first-order chi connectivity index (χ1) is 12.3. The lowest BCUT2D eigenvalue weighted by Gasteiger charge is -2.38. The molecule has 2 aromatic heterocycles. The van der Waals surface area contributed by atoms with Crippen LogP contribution in [0.3, 0.4) is 0 Å². The van der Waals surface area contributed by atoms with Crippen molar-refractivity contribution in [2.24, 2.45) is 0 Å². The number of rotatable bonds is 5. The van der Waals surface area contributed by atoms with Gasteiger partial charge in [-0.2, -0.15) is 10.2 Å². The number of hydrogen-bond donors (Lipinski definition) is 0. The molecule has 0 atom stereocenters. The molecule has 1 fully saturated rings. The van der Waals surface area contributed by atoms with Gasteiger partial charge >= 0.3 is 0 Å². The molecule has 0 bridgehead atoms. The van der Waals surface area contributed by atoms with Gasteiger partial charge in [0.25, 0.3) is 0 Å². The normalized spacial score (nSPS) is 16.3. The van der Waals surface area contributed by atoms with Crippen LogP contribution in [0.1, 0.15) is 32.0 Å². The van der Waals surface area contributed by atoms with Gasteiger partial charge in [0.2, 0.25) is 5.91 Å². The molecule has 1 amide bonds. The molecule has 0 aromatic carbocycles. The van der Waals surface area contributed by atoms with Crippen molar-refractivity contribution >= 4 is 21.8 Å². The fourth-order valence-electron chi connectivity index (χ4n) is 3.32. The van der Waals surface area contributed by atoms with E-state index in [1.165, 1.54) is 5.56 Å². The zero-order valence-electron chi connectivity index (χ0n) is 15.9. The Morgan fingerprint density at radius 1 is 1.23 bits per heavy atom. The third-order valence-electron chi connectivity index (χ3n) is 5.07. The first-order valence-corrected chi connectivity index (χ1v) is 9.86. The number of piperazine rings is 1. The average molecular weight is 423 g/mol. The van der Waals surface area contributed by atoms with Crippen molar-refractivity contribution in [1.82, 2.24) is 29.4 Å². The fraction of sp³-hybridized carbons (Fsp3) is 0.611. The van der Waals surface area contributed by atoms with E-state index in [2.05, 4.69) is 51.1 Å². The number of nitrogens with zero attached hydrogens (tertiary/aromatic N) is 6. The molecule has 0 saturated carbocycles. The molecule has 3 heterocycles. The molecule has 2 aromatic rings. The summed E-state index contributed by atoms with van der Waals surface area (Å²) in [6, 6.07) is 0. The van der Waals surface area contributed by atoms with Gasteiger partial charge in [-0.25, -0.2) is 0 Å². The highest BCUT2D eigenvalue weighted by atomic mass is 79.9. The predicted molar refractivity (Wildman–Crippen MR) is 104 cm³/mol. The molecule has 1 aliphatic rings. The van der Waals surface area contributed by atoms with Gasteiger partial charge in [0.1, 0.15) is 5.54 Å². The third-order valence-corrected chi connectivity index (χ3v) is 5.48. The van der Waals surface area contributed by atoms with Gasteiger partial charge in [-0.3, -0.25) is 19.1 Å². The van der Waals surface area contributed by atoms with Crippen LogP contribution in [0, 0.1) is 6.92 Å². The topological polar surface area (TPSA) is 59.2 Å². The van der Waals surface area contributed by atoms with Gasteiger partial charge < -0.3 is 4.90 Å². The van der Waals surface area contributed by atoms with Crippen molar-refractivity contribution in [3.63, 3.8) is 0 Å². The molecule has 3 rings (SSSR count). The van der Waals surface area contributed by atoms with Crippen molar-refractivity contribution in [2.75, 3.05) is 26.2 Å². The Kier molecular flexibility index (Phi) is 5.53. The Morgan fingerprint density at radius 2 is 1.92 bits per heavy atom. The van der Waals surface area contributed by atoms with Crippen molar-refractivity contribution in [3.05, 3.63) is 34.3 Å². The van der Waals surface area contributed by atoms with E-state index in [-0.39, 0.29) is 5.91 Å². The number of carbonyl (C=O) groups is 1. The molecule has 0 aliphatic carbocycles. The smallest absolute Gasteiger partial charge is 0.250 e. The van der Waals surface area contributed by atoms with Gasteiger partial charge in [-0.1, -0.05) is 0 Å². The molecule has 26 heavy (non-hydrogen) atoms. The number of aryl methyl sites for hydroxylation is 2. The Bertz CT molecular complexity index is 772. The summed E-state index contributed by atoms with van der Waals surface area (Å²) in [4.78, 5) is 17.4. The maximum absolute atomic E-state index is 13.0. The second-order valence-corrected chi connectivity index (χ2v) is 8.24. The van der Waals surface area contributed by atoms with E-state index < -0.39 is 5.54 Å². The molecular formula is C18H27BrN6O. The van der Waals surface area contributed by atoms with Crippen LogP contribution >= 0.6 is 15.9 Å². The van der Waals surface area contributed by atoms with E-state index in [0.29, 0.717) is 0 Å². The lowest BCUT2D eigenvalue weighted by molar-refractivity contribution is -0.141. The molecule has 0 unspecified atom stereocenters. The third kappa shape index (κ3) is 3.86. The van der Waals surface area contributed by atoms with E-state index in [4.69, 9.17) is 0 Å². The second-order valence-electron chi connectivity index (χ2n) is 7.33. The summed E-state index contributed by atoms with van der Waals surface area (Å²) >= 11 is 3.40. The van der Waals surface area contributed by atoms with Crippen LogP contribution in [0.5, 0.6) is 0 Å². The summed E-state index contributed by atoms with van der Waals surface area (Å²) in [6.07, 6.45) is 5.69. The van der Waals surface area contributed by atoms with E-state index in [1.807, 2.05) is 29.6 Å². The summed E-state index contributed by atoms with van der Waals surface area (Å²) in [6.45, 7) is 13.0. The number of aromatic nitrogens is 4. The first-order valence-electron chi connectivity index (χ1n) is 9.06. The highest BCUT2D eigenvalue weighted by Gasteiger charge is 2.36. The van der Waals surface area contributed by atoms with E-state index in [9.17, 15) is 4.79 Å². The molecule has 0 radical (unpaired) electrons. The van der Waals surface area contributed by atoms with Crippen molar-refractivity contribution in [3.8, 4) is 0 Å². The van der Waals surface area contributed by atoms with Crippen LogP contribution in [0.4, 0.5) is 0 Å². The van der Waals surface area contributed by atoms with E-state index >= 15 is 0 Å². The Hall–Kier alpha value is -1.67. The van der Waals surface area contributed by atoms with E-state index in [1.54, 1.807) is 10.9 Å². The molecule has 8 heteroatoms. The SMILES string of the molecule is CCn1cc(CN2CCN(C(=O)C(C)(C)n3cc(Br)cn3)CC2)c(C)n1. The predicted octanol–water partition coefficient (Wildman–Crippen LogP) is 2.25. The molecule has 1 aliphatic heterocycles. The molecule has 142 valence electrons. The van der Waals surface area contributed by atoms with Gasteiger partial charge in [-0.05, 0) is 43.6 Å². The summed E-state index contributed by atoms with van der Waals surface area (Å²) < 4.78 is 4.59. The van der Waals surface area contributed by atoms with Crippen LogP contribution in [0.25, 0.3) is 0 Å². The molecule has 0 N–H and O–H groups in total. The maximum Gasteiger partial charge on any atom is 0.250 e. The highest BCUT2D eigenvalue weighted by Crippen LogP contribution is 2.22. The fourth-order valence-corrected chi connectivity index (χ4v) is 3.60. The summed E-state index contributed by atoms with van der Waals surface area (Å²) in [7, 11) is 0. The van der Waals surface area contributed by atoms with Crippen LogP contribution in [0.15, 0.2) is 23.1 Å². The second kappa shape index (κ2) is 7.52. The van der Waals surface area contributed by atoms with Crippen LogP contribution in [0.2, 0.25) is 0 Å². The number of carbonyl (C=O) groups excluding carboxylic acids is 1. The van der Waals surface area contributed by atoms with E-state index in [0.717, 1.165) is 49.4 Å². The minimum absolute atomic E-state index is 0.114. The Balaban J connectivity index is 1.59. The molecule has 0 spiro atoms. The zero-order chi connectivity index (χ0) is 18.9. The minimum Gasteiger partial charge on any atom is -0.338 e. The molecule has 1 saturated heterocycles. The Labute approximate surface area is 163 Å². The van der Waals surface area contributed by atoms with Gasteiger partial charge in [-0.15, -0.1) is 0 Å². The summed E-state index contributed by atoms with van der Waals surface area (Å²) in [5.74, 6) is 0.114. The largest absolute Gasteiger partial charge is 0.338 e. The monoisotopic (exact) mass is 422 g/mol. The first kappa shape index (κ1) is 19.1.